The molecule has 1 aliphatic rings. The molecule has 1 heterocycles. The highest BCUT2D eigenvalue weighted by molar-refractivity contribution is 5.96. The molecule has 1 aromatic carbocycles. The number of carbonyl (C=O) groups excluding carboxylic acids is 1. The third kappa shape index (κ3) is 2.64. The molecule has 2 N–H and O–H groups in total. The molecule has 2 rings (SSSR count). The SMILES string of the molecule is COC(=O)c1cc(CN)ccc1N1CCCCC1. The number of anilines is 1. The molecular weight excluding hydrogens is 228 g/mol. The zero-order valence-corrected chi connectivity index (χ0v) is 10.8. The van der Waals surface area contributed by atoms with Gasteiger partial charge in [-0.05, 0) is 37.0 Å². The van der Waals surface area contributed by atoms with E-state index in [4.69, 9.17) is 10.5 Å². The van der Waals surface area contributed by atoms with E-state index in [9.17, 15) is 4.79 Å². The number of methoxy groups -OCH3 is 1. The Labute approximate surface area is 108 Å². The van der Waals surface area contributed by atoms with Crippen LogP contribution < -0.4 is 10.6 Å². The van der Waals surface area contributed by atoms with Gasteiger partial charge in [0.1, 0.15) is 0 Å². The lowest BCUT2D eigenvalue weighted by Gasteiger charge is -2.30. The molecule has 1 saturated heterocycles. The Morgan fingerprint density at radius 2 is 2.06 bits per heavy atom. The van der Waals surface area contributed by atoms with Crippen LogP contribution in [0, 0.1) is 0 Å². The van der Waals surface area contributed by atoms with Crippen molar-refractivity contribution in [1.82, 2.24) is 0 Å². The smallest absolute Gasteiger partial charge is 0.339 e. The van der Waals surface area contributed by atoms with Gasteiger partial charge in [-0.2, -0.15) is 0 Å². The van der Waals surface area contributed by atoms with Gasteiger partial charge in [0.15, 0.2) is 0 Å². The predicted octanol–water partition coefficient (Wildman–Crippen LogP) is 1.92. The molecule has 1 aliphatic heterocycles. The van der Waals surface area contributed by atoms with E-state index in [0.717, 1.165) is 24.3 Å². The number of benzene rings is 1. The largest absolute Gasteiger partial charge is 0.465 e. The van der Waals surface area contributed by atoms with Gasteiger partial charge < -0.3 is 15.4 Å². The maximum Gasteiger partial charge on any atom is 0.339 e. The van der Waals surface area contributed by atoms with Crippen molar-refractivity contribution in [3.8, 4) is 0 Å². The van der Waals surface area contributed by atoms with Crippen LogP contribution in [0.25, 0.3) is 0 Å². The molecule has 0 amide bonds. The number of piperidine rings is 1. The molecule has 0 saturated carbocycles. The zero-order valence-electron chi connectivity index (χ0n) is 10.8. The van der Waals surface area contributed by atoms with Gasteiger partial charge in [-0.1, -0.05) is 6.07 Å². The minimum Gasteiger partial charge on any atom is -0.465 e. The average Bonchev–Trinajstić information content (AvgIpc) is 2.46. The van der Waals surface area contributed by atoms with Gasteiger partial charge in [0.25, 0.3) is 0 Å². The van der Waals surface area contributed by atoms with E-state index in [1.807, 2.05) is 18.2 Å². The molecule has 0 bridgehead atoms. The summed E-state index contributed by atoms with van der Waals surface area (Å²) < 4.78 is 4.86. The molecule has 0 unspecified atom stereocenters. The number of carbonyl (C=O) groups is 1. The van der Waals surface area contributed by atoms with Crippen molar-refractivity contribution in [2.75, 3.05) is 25.1 Å². The predicted molar refractivity (Wildman–Crippen MR) is 71.7 cm³/mol. The van der Waals surface area contributed by atoms with Crippen molar-refractivity contribution in [2.45, 2.75) is 25.8 Å². The molecule has 0 radical (unpaired) electrons. The second-order valence-electron chi connectivity index (χ2n) is 4.59. The molecule has 1 fully saturated rings. The number of hydrogen-bond donors (Lipinski definition) is 1. The van der Waals surface area contributed by atoms with Crippen LogP contribution in [0.3, 0.4) is 0 Å². The molecule has 0 spiro atoms. The fraction of sp³-hybridized carbons (Fsp3) is 0.500. The minimum atomic E-state index is -0.286. The average molecular weight is 248 g/mol. The van der Waals surface area contributed by atoms with Gasteiger partial charge in [-0.15, -0.1) is 0 Å². The number of nitrogens with zero attached hydrogens (tertiary/aromatic N) is 1. The van der Waals surface area contributed by atoms with Crippen LogP contribution in [0.2, 0.25) is 0 Å². The molecule has 98 valence electrons. The molecular formula is C14H20N2O2. The third-order valence-corrected chi connectivity index (χ3v) is 3.40. The van der Waals surface area contributed by atoms with Crippen molar-refractivity contribution < 1.29 is 9.53 Å². The summed E-state index contributed by atoms with van der Waals surface area (Å²) in [5.74, 6) is -0.286. The molecule has 4 nitrogen and oxygen atoms in total. The molecule has 0 aromatic heterocycles. The maximum atomic E-state index is 11.9. The van der Waals surface area contributed by atoms with E-state index >= 15 is 0 Å². The van der Waals surface area contributed by atoms with Crippen molar-refractivity contribution in [3.63, 3.8) is 0 Å². The second-order valence-corrected chi connectivity index (χ2v) is 4.59. The summed E-state index contributed by atoms with van der Waals surface area (Å²) in [7, 11) is 1.41. The molecule has 0 atom stereocenters. The Hall–Kier alpha value is -1.55. The van der Waals surface area contributed by atoms with Crippen LogP contribution in [0.15, 0.2) is 18.2 Å². The Balaban J connectivity index is 2.35. The van der Waals surface area contributed by atoms with Crippen LogP contribution in [0.1, 0.15) is 35.2 Å². The molecule has 0 aliphatic carbocycles. The quantitative estimate of drug-likeness (QED) is 0.830. The van der Waals surface area contributed by atoms with E-state index in [2.05, 4.69) is 4.90 Å². The van der Waals surface area contributed by atoms with Crippen molar-refractivity contribution in [3.05, 3.63) is 29.3 Å². The number of hydrogen-bond acceptors (Lipinski definition) is 4. The summed E-state index contributed by atoms with van der Waals surface area (Å²) >= 11 is 0. The number of rotatable bonds is 3. The van der Waals surface area contributed by atoms with Gasteiger partial charge in [-0.3, -0.25) is 0 Å². The van der Waals surface area contributed by atoms with Crippen LogP contribution in [0.5, 0.6) is 0 Å². The summed E-state index contributed by atoms with van der Waals surface area (Å²) in [4.78, 5) is 14.1. The summed E-state index contributed by atoms with van der Waals surface area (Å²) in [6.45, 7) is 2.45. The fourth-order valence-electron chi connectivity index (χ4n) is 2.39. The Morgan fingerprint density at radius 3 is 2.67 bits per heavy atom. The lowest BCUT2D eigenvalue weighted by molar-refractivity contribution is 0.0601. The van der Waals surface area contributed by atoms with E-state index < -0.39 is 0 Å². The lowest BCUT2D eigenvalue weighted by atomic mass is 10.0. The zero-order chi connectivity index (χ0) is 13.0. The molecule has 18 heavy (non-hydrogen) atoms. The first-order chi connectivity index (χ1) is 8.76. The Kier molecular flexibility index (Phi) is 4.20. The first-order valence-electron chi connectivity index (χ1n) is 6.42. The normalized spacial score (nSPS) is 15.6. The summed E-state index contributed by atoms with van der Waals surface area (Å²) in [6.07, 6.45) is 3.63. The van der Waals surface area contributed by atoms with Crippen molar-refractivity contribution >= 4 is 11.7 Å². The molecule has 4 heteroatoms. The third-order valence-electron chi connectivity index (χ3n) is 3.40. The Bertz CT molecular complexity index is 426. The van der Waals surface area contributed by atoms with E-state index in [0.29, 0.717) is 12.1 Å². The van der Waals surface area contributed by atoms with Crippen LogP contribution in [0.4, 0.5) is 5.69 Å². The van der Waals surface area contributed by atoms with Crippen molar-refractivity contribution in [1.29, 1.82) is 0 Å². The highest BCUT2D eigenvalue weighted by atomic mass is 16.5. The van der Waals surface area contributed by atoms with Crippen LogP contribution in [-0.2, 0) is 11.3 Å². The Morgan fingerprint density at radius 1 is 1.33 bits per heavy atom. The number of ether oxygens (including phenoxy) is 1. The monoisotopic (exact) mass is 248 g/mol. The van der Waals surface area contributed by atoms with Crippen LogP contribution >= 0.6 is 0 Å². The van der Waals surface area contributed by atoms with Gasteiger partial charge in [-0.25, -0.2) is 4.79 Å². The summed E-state index contributed by atoms with van der Waals surface area (Å²) in [5.41, 5.74) is 8.18. The van der Waals surface area contributed by atoms with Gasteiger partial charge >= 0.3 is 5.97 Å². The summed E-state index contributed by atoms with van der Waals surface area (Å²) in [5, 5.41) is 0. The van der Waals surface area contributed by atoms with Gasteiger partial charge in [0.2, 0.25) is 0 Å². The maximum absolute atomic E-state index is 11.9. The minimum absolute atomic E-state index is 0.286. The van der Waals surface area contributed by atoms with Gasteiger partial charge in [0.05, 0.1) is 18.4 Å². The van der Waals surface area contributed by atoms with E-state index in [1.165, 1.54) is 26.4 Å². The highest BCUT2D eigenvalue weighted by Gasteiger charge is 2.19. The van der Waals surface area contributed by atoms with E-state index in [-0.39, 0.29) is 5.97 Å². The van der Waals surface area contributed by atoms with E-state index in [1.54, 1.807) is 0 Å². The number of nitrogens with two attached hydrogens (primary N) is 1. The highest BCUT2D eigenvalue weighted by Crippen LogP contribution is 2.26. The topological polar surface area (TPSA) is 55.6 Å². The number of esters is 1. The second kappa shape index (κ2) is 5.87. The standard InChI is InChI=1S/C14H20N2O2/c1-18-14(17)12-9-11(10-15)5-6-13(12)16-7-3-2-4-8-16/h5-6,9H,2-4,7-8,10,15H2,1H3. The first kappa shape index (κ1) is 12.9. The van der Waals surface area contributed by atoms with Gasteiger partial charge in [0, 0.05) is 19.6 Å². The molecule has 1 aromatic rings. The fourth-order valence-corrected chi connectivity index (χ4v) is 2.39. The first-order valence-corrected chi connectivity index (χ1v) is 6.42. The van der Waals surface area contributed by atoms with Crippen LogP contribution in [-0.4, -0.2) is 26.2 Å². The lowest BCUT2D eigenvalue weighted by Crippen LogP contribution is -2.31. The summed E-state index contributed by atoms with van der Waals surface area (Å²) in [6, 6.07) is 5.81. The van der Waals surface area contributed by atoms with Crippen molar-refractivity contribution in [2.24, 2.45) is 5.73 Å².